The molecule has 1 heterocycles. The summed E-state index contributed by atoms with van der Waals surface area (Å²) in [5.74, 6) is -0.466. The standard InChI is InChI=1S/C27H26IN3O4/c1-16-15-20(28)11-14-22(16)29-25(32)24(17(2)18-7-5-4-6-8-18)31-26(33)23(30-27(31)34)19-9-12-21(35-3)13-10-19/h4-15,17,24,33H,1-3H3,(H,29,32)(H,30,34)/t17-,24-/m0/s1. The quantitative estimate of drug-likeness (QED) is 0.252. The van der Waals surface area contributed by atoms with Gasteiger partial charge in [-0.3, -0.25) is 4.79 Å². The number of methoxy groups -OCH3 is 1. The molecule has 4 aromatic rings. The maximum Gasteiger partial charge on any atom is 0.329 e. The summed E-state index contributed by atoms with van der Waals surface area (Å²) in [7, 11) is 1.56. The van der Waals surface area contributed by atoms with Gasteiger partial charge in [0.1, 0.15) is 17.5 Å². The Hall–Kier alpha value is -3.53. The summed E-state index contributed by atoms with van der Waals surface area (Å²) in [6, 6.07) is 21.1. The molecule has 180 valence electrons. The number of aromatic amines is 1. The Morgan fingerprint density at radius 3 is 2.40 bits per heavy atom. The van der Waals surface area contributed by atoms with Crippen LogP contribution in [0.3, 0.4) is 0 Å². The van der Waals surface area contributed by atoms with E-state index in [0.29, 0.717) is 17.0 Å². The Balaban J connectivity index is 1.79. The van der Waals surface area contributed by atoms with Gasteiger partial charge in [-0.05, 0) is 83.1 Å². The van der Waals surface area contributed by atoms with E-state index in [9.17, 15) is 14.7 Å². The number of ether oxygens (including phenoxy) is 1. The number of anilines is 1. The van der Waals surface area contributed by atoms with Crippen molar-refractivity contribution in [3.05, 3.63) is 98.0 Å². The predicted octanol–water partition coefficient (Wildman–Crippen LogP) is 5.45. The van der Waals surface area contributed by atoms with Crippen LogP contribution in [-0.2, 0) is 4.79 Å². The maximum atomic E-state index is 13.7. The zero-order chi connectivity index (χ0) is 25.1. The topological polar surface area (TPSA) is 96.4 Å². The third-order valence-corrected chi connectivity index (χ3v) is 6.74. The molecule has 35 heavy (non-hydrogen) atoms. The van der Waals surface area contributed by atoms with Gasteiger partial charge in [0.25, 0.3) is 0 Å². The van der Waals surface area contributed by atoms with Crippen LogP contribution in [0.5, 0.6) is 11.6 Å². The molecule has 2 atom stereocenters. The highest BCUT2D eigenvalue weighted by Crippen LogP contribution is 2.35. The SMILES string of the molecule is COc1ccc(-c2[nH]c(=O)n([C@H](C(=O)Nc3ccc(I)cc3C)[C@@H](C)c3ccccc3)c2O)cc1. The highest BCUT2D eigenvalue weighted by molar-refractivity contribution is 14.1. The van der Waals surface area contributed by atoms with Crippen molar-refractivity contribution in [2.75, 3.05) is 12.4 Å². The van der Waals surface area contributed by atoms with Gasteiger partial charge in [-0.25, -0.2) is 9.36 Å². The van der Waals surface area contributed by atoms with E-state index in [-0.39, 0.29) is 11.6 Å². The number of aromatic nitrogens is 2. The molecular formula is C27H26IN3O4. The number of nitrogens with one attached hydrogen (secondary N) is 2. The van der Waals surface area contributed by atoms with Crippen molar-refractivity contribution < 1.29 is 14.6 Å². The molecule has 0 spiro atoms. The van der Waals surface area contributed by atoms with E-state index < -0.39 is 23.6 Å². The second kappa shape index (κ2) is 10.4. The lowest BCUT2D eigenvalue weighted by Gasteiger charge is -2.25. The van der Waals surface area contributed by atoms with Crippen LogP contribution >= 0.6 is 22.6 Å². The molecule has 0 aliphatic heterocycles. The van der Waals surface area contributed by atoms with Gasteiger partial charge in [0, 0.05) is 20.7 Å². The summed E-state index contributed by atoms with van der Waals surface area (Å²) < 4.78 is 7.38. The number of aryl methyl sites for hydroxylation is 1. The molecule has 0 saturated carbocycles. The average Bonchev–Trinajstić information content (AvgIpc) is 3.15. The van der Waals surface area contributed by atoms with Gasteiger partial charge in [-0.15, -0.1) is 0 Å². The first-order valence-corrected chi connectivity index (χ1v) is 12.2. The fraction of sp³-hybridized carbons (Fsp3) is 0.185. The zero-order valence-corrected chi connectivity index (χ0v) is 21.7. The molecule has 0 aliphatic rings. The summed E-state index contributed by atoms with van der Waals surface area (Å²) in [6.45, 7) is 3.78. The van der Waals surface area contributed by atoms with Crippen LogP contribution in [-0.4, -0.2) is 27.7 Å². The molecule has 0 unspecified atom stereocenters. The summed E-state index contributed by atoms with van der Waals surface area (Å²) in [5, 5.41) is 14.1. The Kier molecular flexibility index (Phi) is 7.30. The minimum Gasteiger partial charge on any atom is -0.497 e. The fourth-order valence-corrected chi connectivity index (χ4v) is 4.78. The number of carbonyl (C=O) groups is 1. The Bertz CT molecular complexity index is 1390. The first-order valence-electron chi connectivity index (χ1n) is 11.1. The van der Waals surface area contributed by atoms with Gasteiger partial charge in [-0.1, -0.05) is 37.3 Å². The van der Waals surface area contributed by atoms with Crippen LogP contribution in [0.25, 0.3) is 11.3 Å². The number of rotatable bonds is 7. The molecule has 4 rings (SSSR count). The number of amides is 1. The lowest BCUT2D eigenvalue weighted by atomic mass is 9.92. The molecule has 1 aromatic heterocycles. The molecule has 0 radical (unpaired) electrons. The van der Waals surface area contributed by atoms with Crippen LogP contribution in [0, 0.1) is 10.5 Å². The smallest absolute Gasteiger partial charge is 0.329 e. The number of carbonyl (C=O) groups excluding carboxylic acids is 1. The summed E-state index contributed by atoms with van der Waals surface area (Å²) >= 11 is 2.21. The van der Waals surface area contributed by atoms with Crippen LogP contribution in [0.2, 0.25) is 0 Å². The minimum absolute atomic E-state index is 0.237. The first-order chi connectivity index (χ1) is 16.8. The number of hydrogen-bond acceptors (Lipinski definition) is 4. The van der Waals surface area contributed by atoms with Crippen LogP contribution in [0.15, 0.2) is 77.6 Å². The average molecular weight is 583 g/mol. The number of imidazole rings is 1. The van der Waals surface area contributed by atoms with Crippen molar-refractivity contribution in [1.82, 2.24) is 9.55 Å². The molecule has 0 bridgehead atoms. The molecule has 3 N–H and O–H groups in total. The third kappa shape index (κ3) is 5.12. The lowest BCUT2D eigenvalue weighted by Crippen LogP contribution is -2.35. The van der Waals surface area contributed by atoms with Crippen molar-refractivity contribution in [3.63, 3.8) is 0 Å². The van der Waals surface area contributed by atoms with Crippen LogP contribution in [0.1, 0.15) is 30.0 Å². The molecule has 0 fully saturated rings. The van der Waals surface area contributed by atoms with E-state index in [1.807, 2.05) is 62.4 Å². The van der Waals surface area contributed by atoms with E-state index in [1.165, 1.54) is 0 Å². The minimum atomic E-state index is -1.01. The molecule has 3 aromatic carbocycles. The van der Waals surface area contributed by atoms with Crippen molar-refractivity contribution in [2.24, 2.45) is 0 Å². The van der Waals surface area contributed by atoms with Gasteiger partial charge >= 0.3 is 5.69 Å². The maximum absolute atomic E-state index is 13.7. The van der Waals surface area contributed by atoms with E-state index in [0.717, 1.165) is 19.3 Å². The number of hydrogen-bond donors (Lipinski definition) is 3. The fourth-order valence-electron chi connectivity index (χ4n) is 4.14. The van der Waals surface area contributed by atoms with Gasteiger partial charge in [0.05, 0.1) is 7.11 Å². The highest BCUT2D eigenvalue weighted by Gasteiger charge is 2.33. The number of benzene rings is 3. The van der Waals surface area contributed by atoms with E-state index in [1.54, 1.807) is 31.4 Å². The highest BCUT2D eigenvalue weighted by atomic mass is 127. The molecule has 8 heteroatoms. The van der Waals surface area contributed by atoms with E-state index in [2.05, 4.69) is 32.9 Å². The van der Waals surface area contributed by atoms with Gasteiger partial charge in [0.2, 0.25) is 11.8 Å². The normalized spacial score (nSPS) is 12.7. The second-order valence-electron chi connectivity index (χ2n) is 8.32. The number of H-pyrrole nitrogens is 1. The van der Waals surface area contributed by atoms with Crippen molar-refractivity contribution in [2.45, 2.75) is 25.8 Å². The van der Waals surface area contributed by atoms with Crippen LogP contribution < -0.4 is 15.7 Å². The van der Waals surface area contributed by atoms with Crippen molar-refractivity contribution >= 4 is 34.2 Å². The van der Waals surface area contributed by atoms with Crippen LogP contribution in [0.4, 0.5) is 5.69 Å². The third-order valence-electron chi connectivity index (χ3n) is 6.07. The van der Waals surface area contributed by atoms with Gasteiger partial charge < -0.3 is 20.1 Å². The van der Waals surface area contributed by atoms with Crippen molar-refractivity contribution in [1.29, 1.82) is 0 Å². The number of halogens is 1. The van der Waals surface area contributed by atoms with Gasteiger partial charge in [0.15, 0.2) is 0 Å². The predicted molar refractivity (Wildman–Crippen MR) is 145 cm³/mol. The van der Waals surface area contributed by atoms with Gasteiger partial charge in [-0.2, -0.15) is 0 Å². The van der Waals surface area contributed by atoms with E-state index in [4.69, 9.17) is 4.74 Å². The Morgan fingerprint density at radius 2 is 1.77 bits per heavy atom. The lowest BCUT2D eigenvalue weighted by molar-refractivity contribution is -0.120. The summed E-state index contributed by atoms with van der Waals surface area (Å²) in [5.41, 5.74) is 2.68. The molecule has 0 saturated heterocycles. The molecule has 0 aliphatic carbocycles. The first kappa shape index (κ1) is 24.6. The monoisotopic (exact) mass is 583 g/mol. The van der Waals surface area contributed by atoms with E-state index >= 15 is 0 Å². The molecule has 7 nitrogen and oxygen atoms in total. The second-order valence-corrected chi connectivity index (χ2v) is 9.57. The zero-order valence-electron chi connectivity index (χ0n) is 19.6. The number of nitrogens with zero attached hydrogens (tertiary/aromatic N) is 1. The number of aromatic hydroxyl groups is 1. The Labute approximate surface area is 216 Å². The molecule has 1 amide bonds. The summed E-state index contributed by atoms with van der Waals surface area (Å²) in [6.07, 6.45) is 0. The largest absolute Gasteiger partial charge is 0.497 e. The summed E-state index contributed by atoms with van der Waals surface area (Å²) in [4.78, 5) is 29.6. The Morgan fingerprint density at radius 1 is 1.09 bits per heavy atom. The van der Waals surface area contributed by atoms with Crippen molar-refractivity contribution in [3.8, 4) is 22.9 Å². The molecular weight excluding hydrogens is 557 g/mol.